The minimum atomic E-state index is -3.67. The fraction of sp³-hybridized carbons (Fsp3) is 0.0556. The van der Waals surface area contributed by atoms with Gasteiger partial charge in [-0.25, -0.2) is 8.42 Å². The summed E-state index contributed by atoms with van der Waals surface area (Å²) in [7, 11) is -3.67. The smallest absolute Gasteiger partial charge is 0.308 e. The van der Waals surface area contributed by atoms with Crippen molar-refractivity contribution in [3.05, 3.63) is 89.8 Å². The van der Waals surface area contributed by atoms with Gasteiger partial charge in [0.25, 0.3) is 0 Å². The molecule has 0 atom stereocenters. The van der Waals surface area contributed by atoms with Gasteiger partial charge in [-0.3, -0.25) is 0 Å². The van der Waals surface area contributed by atoms with Crippen molar-refractivity contribution in [1.29, 1.82) is 0 Å². The van der Waals surface area contributed by atoms with E-state index in [-0.39, 0.29) is 10.8 Å². The molecule has 5 heteroatoms. The van der Waals surface area contributed by atoms with Gasteiger partial charge in [0.2, 0.25) is 9.84 Å². The van der Waals surface area contributed by atoms with Crippen LogP contribution in [0.25, 0.3) is 11.1 Å². The predicted octanol–water partition coefficient (Wildman–Crippen LogP) is 2.96. The topological polar surface area (TPSA) is 61.1 Å². The standard InChI is InChI=1S/C18H15NO3S/c20-19-13-5-4-8-18(19)23(21,22)14-15-9-11-17(12-10-15)16-6-2-1-3-7-16/h1-13H,14H2. The quantitative estimate of drug-likeness (QED) is 0.547. The second-order valence-corrected chi connectivity index (χ2v) is 7.12. The third-order valence-corrected chi connectivity index (χ3v) is 5.19. The minimum Gasteiger partial charge on any atom is -0.618 e. The summed E-state index contributed by atoms with van der Waals surface area (Å²) < 4.78 is 25.1. The van der Waals surface area contributed by atoms with Crippen LogP contribution in [0.4, 0.5) is 0 Å². The van der Waals surface area contributed by atoms with E-state index in [9.17, 15) is 13.6 Å². The minimum absolute atomic E-state index is 0.200. The maximum Gasteiger partial charge on any atom is 0.308 e. The summed E-state index contributed by atoms with van der Waals surface area (Å²) in [6.07, 6.45) is 1.19. The lowest BCUT2D eigenvalue weighted by Gasteiger charge is -2.06. The van der Waals surface area contributed by atoms with Crippen molar-refractivity contribution in [3.8, 4) is 11.1 Å². The molecular formula is C18H15NO3S. The van der Waals surface area contributed by atoms with Gasteiger partial charge in [0.05, 0.1) is 5.75 Å². The Morgan fingerprint density at radius 1 is 0.783 bits per heavy atom. The number of nitrogens with zero attached hydrogens (tertiary/aromatic N) is 1. The first kappa shape index (κ1) is 15.2. The molecule has 3 aromatic rings. The second-order valence-electron chi connectivity index (χ2n) is 5.19. The molecule has 1 heterocycles. The zero-order valence-corrected chi connectivity index (χ0v) is 13.1. The lowest BCUT2D eigenvalue weighted by atomic mass is 10.0. The van der Waals surface area contributed by atoms with Crippen LogP contribution >= 0.6 is 0 Å². The highest BCUT2D eigenvalue weighted by atomic mass is 32.2. The van der Waals surface area contributed by atoms with Gasteiger partial charge >= 0.3 is 5.03 Å². The first-order valence-corrected chi connectivity index (χ1v) is 8.77. The molecule has 0 aliphatic rings. The van der Waals surface area contributed by atoms with Crippen molar-refractivity contribution in [2.24, 2.45) is 0 Å². The maximum absolute atomic E-state index is 12.4. The second kappa shape index (κ2) is 6.22. The van der Waals surface area contributed by atoms with Crippen LogP contribution in [-0.2, 0) is 15.6 Å². The van der Waals surface area contributed by atoms with E-state index >= 15 is 0 Å². The Hall–Kier alpha value is -2.66. The van der Waals surface area contributed by atoms with Crippen molar-refractivity contribution in [2.75, 3.05) is 0 Å². The molecule has 4 nitrogen and oxygen atoms in total. The average Bonchev–Trinajstić information content (AvgIpc) is 2.56. The molecule has 0 radical (unpaired) electrons. The highest BCUT2D eigenvalue weighted by Gasteiger charge is 2.23. The Morgan fingerprint density at radius 2 is 1.39 bits per heavy atom. The molecule has 116 valence electrons. The molecule has 23 heavy (non-hydrogen) atoms. The van der Waals surface area contributed by atoms with E-state index < -0.39 is 9.84 Å². The summed E-state index contributed by atoms with van der Waals surface area (Å²) in [5.41, 5.74) is 2.74. The van der Waals surface area contributed by atoms with Crippen molar-refractivity contribution >= 4 is 9.84 Å². The van der Waals surface area contributed by atoms with E-state index in [2.05, 4.69) is 0 Å². The third-order valence-electron chi connectivity index (χ3n) is 3.52. The number of pyridine rings is 1. The monoisotopic (exact) mass is 325 g/mol. The molecule has 0 unspecified atom stereocenters. The normalized spacial score (nSPS) is 11.3. The van der Waals surface area contributed by atoms with E-state index in [1.54, 1.807) is 18.2 Å². The van der Waals surface area contributed by atoms with Crippen LogP contribution in [0, 0.1) is 5.21 Å². The summed E-state index contributed by atoms with van der Waals surface area (Å²) in [6.45, 7) is 0. The zero-order chi connectivity index (χ0) is 16.3. The largest absolute Gasteiger partial charge is 0.618 e. The maximum atomic E-state index is 12.4. The third kappa shape index (κ3) is 3.40. The molecule has 3 rings (SSSR count). The van der Waals surface area contributed by atoms with Gasteiger partial charge in [-0.1, -0.05) is 54.6 Å². The molecule has 0 spiro atoms. The molecule has 0 aliphatic carbocycles. The molecular weight excluding hydrogens is 310 g/mol. The molecule has 0 bridgehead atoms. The zero-order valence-electron chi connectivity index (χ0n) is 12.3. The van der Waals surface area contributed by atoms with Gasteiger partial charge in [-0.15, -0.1) is 0 Å². The van der Waals surface area contributed by atoms with Crippen molar-refractivity contribution in [2.45, 2.75) is 10.8 Å². The Balaban J connectivity index is 1.85. The van der Waals surface area contributed by atoms with E-state index in [0.717, 1.165) is 11.1 Å². The van der Waals surface area contributed by atoms with Crippen LogP contribution in [0.5, 0.6) is 0 Å². The Kier molecular flexibility index (Phi) is 4.12. The van der Waals surface area contributed by atoms with Crippen LogP contribution in [0.2, 0.25) is 0 Å². The van der Waals surface area contributed by atoms with E-state index in [1.165, 1.54) is 18.3 Å². The highest BCUT2D eigenvalue weighted by molar-refractivity contribution is 7.90. The van der Waals surface area contributed by atoms with E-state index in [1.807, 2.05) is 42.5 Å². The fourth-order valence-corrected chi connectivity index (χ4v) is 3.77. The SMILES string of the molecule is O=S(=O)(Cc1ccc(-c2ccccc2)cc1)c1cccc[n+]1[O-]. The lowest BCUT2D eigenvalue weighted by molar-refractivity contribution is -0.646. The summed E-state index contributed by atoms with van der Waals surface area (Å²) in [6, 6.07) is 21.5. The number of rotatable bonds is 4. The van der Waals surface area contributed by atoms with Gasteiger partial charge in [0.15, 0.2) is 6.20 Å². The molecule has 0 saturated carbocycles. The van der Waals surface area contributed by atoms with E-state index in [4.69, 9.17) is 0 Å². The molecule has 0 amide bonds. The lowest BCUT2D eigenvalue weighted by Crippen LogP contribution is -2.33. The van der Waals surface area contributed by atoms with Gasteiger partial charge < -0.3 is 5.21 Å². The summed E-state index contributed by atoms with van der Waals surface area (Å²) in [4.78, 5) is 0. The number of benzene rings is 2. The summed E-state index contributed by atoms with van der Waals surface area (Å²) in [5.74, 6) is -0.200. The molecule has 2 aromatic carbocycles. The van der Waals surface area contributed by atoms with Gasteiger partial charge in [-0.05, 0) is 22.8 Å². The van der Waals surface area contributed by atoms with Gasteiger partial charge in [-0.2, -0.15) is 4.73 Å². The van der Waals surface area contributed by atoms with Crippen LogP contribution in [0.3, 0.4) is 0 Å². The van der Waals surface area contributed by atoms with Crippen LogP contribution in [0.15, 0.2) is 84.0 Å². The first-order valence-electron chi connectivity index (χ1n) is 7.11. The van der Waals surface area contributed by atoms with Crippen molar-refractivity contribution in [3.63, 3.8) is 0 Å². The van der Waals surface area contributed by atoms with Crippen molar-refractivity contribution in [1.82, 2.24) is 0 Å². The predicted molar refractivity (Wildman–Crippen MR) is 88.2 cm³/mol. The average molecular weight is 325 g/mol. The fourth-order valence-electron chi connectivity index (χ4n) is 2.37. The van der Waals surface area contributed by atoms with Crippen LogP contribution in [-0.4, -0.2) is 8.42 Å². The van der Waals surface area contributed by atoms with Crippen LogP contribution < -0.4 is 4.73 Å². The first-order chi connectivity index (χ1) is 11.1. The number of hydrogen-bond acceptors (Lipinski definition) is 3. The molecule has 0 N–H and O–H groups in total. The molecule has 0 aliphatic heterocycles. The Labute approximate surface area is 135 Å². The molecule has 0 fully saturated rings. The molecule has 0 saturated heterocycles. The Bertz CT molecular complexity index is 905. The number of hydrogen-bond donors (Lipinski definition) is 0. The van der Waals surface area contributed by atoms with Crippen molar-refractivity contribution < 1.29 is 13.1 Å². The number of aromatic nitrogens is 1. The van der Waals surface area contributed by atoms with Gasteiger partial charge in [0.1, 0.15) is 0 Å². The summed E-state index contributed by atoms with van der Waals surface area (Å²) in [5, 5.41) is 11.4. The molecule has 1 aromatic heterocycles. The van der Waals surface area contributed by atoms with E-state index in [0.29, 0.717) is 10.3 Å². The highest BCUT2D eigenvalue weighted by Crippen LogP contribution is 2.21. The summed E-state index contributed by atoms with van der Waals surface area (Å²) >= 11 is 0. The number of sulfone groups is 1. The van der Waals surface area contributed by atoms with Crippen LogP contribution in [0.1, 0.15) is 5.56 Å². The Morgan fingerprint density at radius 3 is 2.04 bits per heavy atom. The van der Waals surface area contributed by atoms with Gasteiger partial charge in [0, 0.05) is 12.1 Å².